The molecule has 0 spiro atoms. The number of carbonyl (C=O) groups is 1. The van der Waals surface area contributed by atoms with E-state index in [2.05, 4.69) is 10.2 Å². The number of benzene rings is 1. The Morgan fingerprint density at radius 1 is 1.15 bits per heavy atom. The molecule has 2 aromatic rings. The number of hydrogen-bond donors (Lipinski definition) is 1. The topological polar surface area (TPSA) is 63.9 Å². The van der Waals surface area contributed by atoms with E-state index < -0.39 is 0 Å². The van der Waals surface area contributed by atoms with E-state index in [0.717, 1.165) is 32.8 Å². The van der Waals surface area contributed by atoms with E-state index in [1.807, 2.05) is 0 Å². The zero-order valence-corrected chi connectivity index (χ0v) is 16.7. The second-order valence-electron chi connectivity index (χ2n) is 5.96. The number of carbonyl (C=O) groups excluding carboxylic acids is 1. The van der Waals surface area contributed by atoms with Crippen LogP contribution in [0.25, 0.3) is 0 Å². The maximum Gasteiger partial charge on any atom is 0.287 e. The summed E-state index contributed by atoms with van der Waals surface area (Å²) in [6.45, 7) is 4.64. The molecule has 1 amide bonds. The quantitative estimate of drug-likeness (QED) is 0.718. The maximum absolute atomic E-state index is 12.2. The van der Waals surface area contributed by atoms with Crippen LogP contribution >= 0.6 is 34.8 Å². The van der Waals surface area contributed by atoms with Crippen molar-refractivity contribution in [3.05, 3.63) is 50.9 Å². The van der Waals surface area contributed by atoms with E-state index in [9.17, 15) is 4.79 Å². The van der Waals surface area contributed by atoms with Crippen LogP contribution in [0.15, 0.2) is 28.7 Å². The second-order valence-corrected chi connectivity index (χ2v) is 7.21. The van der Waals surface area contributed by atoms with Gasteiger partial charge in [0.15, 0.2) is 11.5 Å². The number of ether oxygens (including phenoxy) is 2. The summed E-state index contributed by atoms with van der Waals surface area (Å²) in [6, 6.07) is 6.36. The van der Waals surface area contributed by atoms with E-state index >= 15 is 0 Å². The van der Waals surface area contributed by atoms with E-state index in [-0.39, 0.29) is 18.3 Å². The summed E-state index contributed by atoms with van der Waals surface area (Å²) < 4.78 is 16.4. The SMILES string of the molecule is O=C(NCCN1CCOCC1)c1ccc(COc2c(Cl)cc(Cl)cc2Cl)o1. The predicted molar refractivity (Wildman–Crippen MR) is 104 cm³/mol. The third-order valence-corrected chi connectivity index (χ3v) is 4.80. The normalized spacial score (nSPS) is 14.9. The van der Waals surface area contributed by atoms with Crippen molar-refractivity contribution in [2.75, 3.05) is 39.4 Å². The largest absolute Gasteiger partial charge is 0.483 e. The monoisotopic (exact) mass is 432 g/mol. The molecule has 9 heteroatoms. The van der Waals surface area contributed by atoms with Crippen molar-refractivity contribution in [1.29, 1.82) is 0 Å². The summed E-state index contributed by atoms with van der Waals surface area (Å²) in [4.78, 5) is 14.4. The minimum Gasteiger partial charge on any atom is -0.483 e. The first-order chi connectivity index (χ1) is 13.0. The molecule has 0 saturated carbocycles. The van der Waals surface area contributed by atoms with E-state index in [0.29, 0.717) is 33.1 Å². The molecule has 0 atom stereocenters. The fraction of sp³-hybridized carbons (Fsp3) is 0.389. The smallest absolute Gasteiger partial charge is 0.287 e. The van der Waals surface area contributed by atoms with Gasteiger partial charge in [-0.15, -0.1) is 0 Å². The molecule has 3 rings (SSSR count). The predicted octanol–water partition coefficient (Wildman–Crippen LogP) is 3.88. The lowest BCUT2D eigenvalue weighted by atomic mass is 10.3. The summed E-state index contributed by atoms with van der Waals surface area (Å²) in [5.74, 6) is 0.756. The standard InChI is InChI=1S/C18H19Cl3N2O4/c19-12-9-14(20)17(15(21)10-12)26-11-13-1-2-16(27-13)18(24)22-3-4-23-5-7-25-8-6-23/h1-2,9-10H,3-8,11H2,(H,22,24). The first-order valence-corrected chi connectivity index (χ1v) is 9.60. The highest BCUT2D eigenvalue weighted by atomic mass is 35.5. The number of rotatable bonds is 7. The molecule has 1 aliphatic rings. The molecule has 1 saturated heterocycles. The highest BCUT2D eigenvalue weighted by Gasteiger charge is 2.15. The molecule has 1 aromatic carbocycles. The minimum atomic E-state index is -0.267. The molecular weight excluding hydrogens is 415 g/mol. The van der Waals surface area contributed by atoms with Gasteiger partial charge < -0.3 is 19.2 Å². The summed E-state index contributed by atoms with van der Waals surface area (Å²) in [6.07, 6.45) is 0. The Kier molecular flexibility index (Phi) is 7.26. The fourth-order valence-electron chi connectivity index (χ4n) is 2.63. The molecule has 2 heterocycles. The van der Waals surface area contributed by atoms with Crippen LogP contribution in [0, 0.1) is 0 Å². The number of furan rings is 1. The van der Waals surface area contributed by atoms with Gasteiger partial charge in [0.25, 0.3) is 5.91 Å². The molecule has 6 nitrogen and oxygen atoms in total. The lowest BCUT2D eigenvalue weighted by molar-refractivity contribution is 0.0382. The van der Waals surface area contributed by atoms with Crippen molar-refractivity contribution in [3.8, 4) is 5.75 Å². The van der Waals surface area contributed by atoms with Crippen LogP contribution < -0.4 is 10.1 Å². The van der Waals surface area contributed by atoms with Gasteiger partial charge in [-0.3, -0.25) is 9.69 Å². The van der Waals surface area contributed by atoms with Crippen molar-refractivity contribution >= 4 is 40.7 Å². The van der Waals surface area contributed by atoms with Gasteiger partial charge in [0.2, 0.25) is 0 Å². The van der Waals surface area contributed by atoms with Gasteiger partial charge in [-0.05, 0) is 24.3 Å². The lowest BCUT2D eigenvalue weighted by Crippen LogP contribution is -2.41. The van der Waals surface area contributed by atoms with Crippen LogP contribution in [0.2, 0.25) is 15.1 Å². The van der Waals surface area contributed by atoms with Crippen LogP contribution in [0.1, 0.15) is 16.3 Å². The molecule has 146 valence electrons. The number of hydrogen-bond acceptors (Lipinski definition) is 5. The van der Waals surface area contributed by atoms with Crippen LogP contribution in [0.5, 0.6) is 5.75 Å². The number of halogens is 3. The minimum absolute atomic E-state index is 0.0854. The highest BCUT2D eigenvalue weighted by molar-refractivity contribution is 6.40. The average Bonchev–Trinajstić information content (AvgIpc) is 3.11. The molecule has 0 bridgehead atoms. The van der Waals surface area contributed by atoms with Crippen molar-refractivity contribution in [2.24, 2.45) is 0 Å². The van der Waals surface area contributed by atoms with Gasteiger partial charge in [-0.1, -0.05) is 34.8 Å². The van der Waals surface area contributed by atoms with Crippen molar-refractivity contribution in [3.63, 3.8) is 0 Å². The number of nitrogens with zero attached hydrogens (tertiary/aromatic N) is 1. The molecule has 1 aromatic heterocycles. The molecule has 1 N–H and O–H groups in total. The first kappa shape index (κ1) is 20.3. The van der Waals surface area contributed by atoms with Crippen LogP contribution in [-0.2, 0) is 11.3 Å². The van der Waals surface area contributed by atoms with Gasteiger partial charge in [0.1, 0.15) is 12.4 Å². The van der Waals surface area contributed by atoms with Crippen LogP contribution in [0.3, 0.4) is 0 Å². The molecule has 0 unspecified atom stereocenters. The Balaban J connectivity index is 1.48. The van der Waals surface area contributed by atoms with Crippen LogP contribution in [-0.4, -0.2) is 50.2 Å². The third kappa shape index (κ3) is 5.77. The maximum atomic E-state index is 12.2. The van der Waals surface area contributed by atoms with E-state index in [1.54, 1.807) is 24.3 Å². The average molecular weight is 434 g/mol. The third-order valence-electron chi connectivity index (χ3n) is 4.02. The van der Waals surface area contributed by atoms with Crippen molar-refractivity contribution < 1.29 is 18.7 Å². The summed E-state index contributed by atoms with van der Waals surface area (Å²) in [7, 11) is 0. The zero-order chi connectivity index (χ0) is 19.2. The molecule has 27 heavy (non-hydrogen) atoms. The van der Waals surface area contributed by atoms with Gasteiger partial charge in [0, 0.05) is 31.2 Å². The highest BCUT2D eigenvalue weighted by Crippen LogP contribution is 2.36. The van der Waals surface area contributed by atoms with Crippen LogP contribution in [0.4, 0.5) is 0 Å². The fourth-order valence-corrected chi connectivity index (χ4v) is 3.55. The van der Waals surface area contributed by atoms with Gasteiger partial charge in [-0.2, -0.15) is 0 Å². The Bertz CT molecular complexity index is 768. The Hall–Kier alpha value is -1.44. The lowest BCUT2D eigenvalue weighted by Gasteiger charge is -2.26. The number of nitrogens with one attached hydrogen (secondary N) is 1. The van der Waals surface area contributed by atoms with Crippen molar-refractivity contribution in [2.45, 2.75) is 6.61 Å². The number of amides is 1. The van der Waals surface area contributed by atoms with Gasteiger partial charge in [0.05, 0.1) is 23.3 Å². The summed E-state index contributed by atoms with van der Waals surface area (Å²) in [5.41, 5.74) is 0. The summed E-state index contributed by atoms with van der Waals surface area (Å²) in [5, 5.41) is 3.88. The molecule has 0 radical (unpaired) electrons. The Morgan fingerprint density at radius 2 is 1.85 bits per heavy atom. The molecule has 1 fully saturated rings. The second kappa shape index (κ2) is 9.66. The van der Waals surface area contributed by atoms with Gasteiger partial charge in [-0.25, -0.2) is 0 Å². The van der Waals surface area contributed by atoms with Crippen molar-refractivity contribution in [1.82, 2.24) is 10.2 Å². The van der Waals surface area contributed by atoms with E-state index in [4.69, 9.17) is 48.7 Å². The first-order valence-electron chi connectivity index (χ1n) is 8.47. The summed E-state index contributed by atoms with van der Waals surface area (Å²) >= 11 is 18.0. The zero-order valence-electron chi connectivity index (χ0n) is 14.5. The number of morpholine rings is 1. The van der Waals surface area contributed by atoms with Gasteiger partial charge >= 0.3 is 0 Å². The Morgan fingerprint density at radius 3 is 2.56 bits per heavy atom. The molecule has 0 aliphatic carbocycles. The Labute approximate surface area is 172 Å². The van der Waals surface area contributed by atoms with E-state index in [1.165, 1.54) is 0 Å². The molecular formula is C18H19Cl3N2O4. The molecule has 1 aliphatic heterocycles.